The van der Waals surface area contributed by atoms with Crippen molar-refractivity contribution in [2.45, 2.75) is 13.8 Å². The van der Waals surface area contributed by atoms with Crippen molar-refractivity contribution in [3.05, 3.63) is 53.8 Å². The Balaban J connectivity index is 1.64. The molecule has 0 aliphatic carbocycles. The van der Waals surface area contributed by atoms with Crippen LogP contribution >= 0.6 is 11.3 Å². The second-order valence-corrected chi connectivity index (χ2v) is 8.12. The van der Waals surface area contributed by atoms with Crippen LogP contribution in [0.1, 0.15) is 23.5 Å². The number of benzene rings is 1. The molecule has 4 rings (SSSR count). The summed E-state index contributed by atoms with van der Waals surface area (Å²) in [7, 11) is 1.81. The van der Waals surface area contributed by atoms with Gasteiger partial charge in [-0.3, -0.25) is 9.78 Å². The Morgan fingerprint density at radius 3 is 2.71 bits per heavy atom. The molecule has 0 saturated heterocycles. The highest BCUT2D eigenvalue weighted by Gasteiger charge is 2.20. The van der Waals surface area contributed by atoms with Crippen LogP contribution in [0.15, 0.2) is 53.4 Å². The molecule has 28 heavy (non-hydrogen) atoms. The van der Waals surface area contributed by atoms with Crippen molar-refractivity contribution in [3.8, 4) is 21.8 Å². The molecule has 3 heterocycles. The van der Waals surface area contributed by atoms with Gasteiger partial charge in [-0.05, 0) is 41.3 Å². The summed E-state index contributed by atoms with van der Waals surface area (Å²) in [5.41, 5.74) is 3.43. The van der Waals surface area contributed by atoms with Crippen molar-refractivity contribution in [2.75, 3.05) is 13.6 Å². The zero-order valence-corrected chi connectivity index (χ0v) is 16.7. The highest BCUT2D eigenvalue weighted by atomic mass is 32.1. The summed E-state index contributed by atoms with van der Waals surface area (Å²) in [6, 6.07) is 9.85. The summed E-state index contributed by atoms with van der Waals surface area (Å²) < 4.78 is 5.54. The molecule has 0 radical (unpaired) electrons. The lowest BCUT2D eigenvalue weighted by Gasteiger charge is -2.18. The first-order chi connectivity index (χ1) is 13.5. The highest BCUT2D eigenvalue weighted by Crippen LogP contribution is 2.33. The van der Waals surface area contributed by atoms with Crippen molar-refractivity contribution < 1.29 is 9.32 Å². The van der Waals surface area contributed by atoms with Gasteiger partial charge in [0, 0.05) is 26.0 Å². The minimum Gasteiger partial charge on any atom is -0.356 e. The van der Waals surface area contributed by atoms with Gasteiger partial charge in [0.2, 0.25) is 0 Å². The standard InChI is InChI=1S/C21H20N4O2S/c1-13(2)12-25(3)21(26)18-11-23-20(28-18)19-16-5-4-15(10-17(16)27-24-19)14-6-8-22-9-7-14/h4-11,13H,12H2,1-3H3. The van der Waals surface area contributed by atoms with E-state index in [4.69, 9.17) is 4.52 Å². The van der Waals surface area contributed by atoms with Gasteiger partial charge >= 0.3 is 0 Å². The second-order valence-electron chi connectivity index (χ2n) is 7.09. The fourth-order valence-electron chi connectivity index (χ4n) is 3.12. The van der Waals surface area contributed by atoms with Gasteiger partial charge in [-0.1, -0.05) is 25.1 Å². The van der Waals surface area contributed by atoms with Crippen LogP contribution in [-0.4, -0.2) is 39.5 Å². The fourth-order valence-corrected chi connectivity index (χ4v) is 4.02. The van der Waals surface area contributed by atoms with Crippen molar-refractivity contribution in [2.24, 2.45) is 5.92 Å². The number of hydrogen-bond donors (Lipinski definition) is 0. The maximum absolute atomic E-state index is 12.6. The third-order valence-corrected chi connectivity index (χ3v) is 5.38. The van der Waals surface area contributed by atoms with Crippen LogP contribution in [0.25, 0.3) is 32.8 Å². The van der Waals surface area contributed by atoms with Gasteiger partial charge in [0.1, 0.15) is 15.6 Å². The second kappa shape index (κ2) is 7.52. The predicted molar refractivity (Wildman–Crippen MR) is 110 cm³/mol. The first kappa shape index (κ1) is 18.3. The normalized spacial score (nSPS) is 11.3. The molecule has 0 bridgehead atoms. The summed E-state index contributed by atoms with van der Waals surface area (Å²) in [4.78, 5) is 23.4. The van der Waals surface area contributed by atoms with E-state index in [0.717, 1.165) is 16.5 Å². The Labute approximate surface area is 166 Å². The summed E-state index contributed by atoms with van der Waals surface area (Å²) >= 11 is 1.34. The summed E-state index contributed by atoms with van der Waals surface area (Å²) in [6.45, 7) is 4.88. The summed E-state index contributed by atoms with van der Waals surface area (Å²) in [5.74, 6) is 0.389. The Morgan fingerprint density at radius 1 is 1.18 bits per heavy atom. The molecule has 0 fully saturated rings. The monoisotopic (exact) mass is 392 g/mol. The molecular weight excluding hydrogens is 372 g/mol. The number of fused-ring (bicyclic) bond motifs is 1. The predicted octanol–water partition coefficient (Wildman–Crippen LogP) is 4.74. The lowest BCUT2D eigenvalue weighted by atomic mass is 10.1. The molecule has 142 valence electrons. The number of carbonyl (C=O) groups is 1. The maximum atomic E-state index is 12.6. The van der Waals surface area contributed by atoms with Crippen LogP contribution in [0.5, 0.6) is 0 Å². The Kier molecular flexibility index (Phi) is 4.92. The van der Waals surface area contributed by atoms with E-state index in [-0.39, 0.29) is 5.91 Å². The van der Waals surface area contributed by atoms with Gasteiger partial charge in [-0.15, -0.1) is 11.3 Å². The number of carbonyl (C=O) groups excluding carboxylic acids is 1. The molecule has 1 aromatic carbocycles. The first-order valence-corrected chi connectivity index (χ1v) is 9.86. The minimum atomic E-state index is -0.0229. The number of pyridine rings is 1. The minimum absolute atomic E-state index is 0.0229. The van der Waals surface area contributed by atoms with Crippen molar-refractivity contribution in [3.63, 3.8) is 0 Å². The summed E-state index contributed by atoms with van der Waals surface area (Å²) in [5, 5.41) is 5.76. The molecule has 3 aromatic heterocycles. The highest BCUT2D eigenvalue weighted by molar-refractivity contribution is 7.17. The Morgan fingerprint density at radius 2 is 1.96 bits per heavy atom. The van der Waals surface area contributed by atoms with Gasteiger partial charge in [0.15, 0.2) is 5.58 Å². The van der Waals surface area contributed by atoms with Crippen molar-refractivity contribution in [1.82, 2.24) is 20.0 Å². The molecule has 0 N–H and O–H groups in total. The van der Waals surface area contributed by atoms with Gasteiger partial charge < -0.3 is 9.42 Å². The van der Waals surface area contributed by atoms with Gasteiger partial charge in [0.25, 0.3) is 5.91 Å². The van der Waals surface area contributed by atoms with E-state index in [0.29, 0.717) is 33.6 Å². The molecule has 4 aromatic rings. The molecule has 0 unspecified atom stereocenters. The third kappa shape index (κ3) is 3.53. The average molecular weight is 392 g/mol. The number of aromatic nitrogens is 3. The number of hydrogen-bond acceptors (Lipinski definition) is 6. The zero-order chi connectivity index (χ0) is 19.7. The lowest BCUT2D eigenvalue weighted by molar-refractivity contribution is 0.0783. The van der Waals surface area contributed by atoms with E-state index in [1.54, 1.807) is 23.5 Å². The van der Waals surface area contributed by atoms with Gasteiger partial charge in [0.05, 0.1) is 11.6 Å². The van der Waals surface area contributed by atoms with E-state index in [9.17, 15) is 4.79 Å². The summed E-state index contributed by atoms with van der Waals surface area (Å²) in [6.07, 6.45) is 5.14. The smallest absolute Gasteiger partial charge is 0.265 e. The molecule has 6 nitrogen and oxygen atoms in total. The SMILES string of the molecule is CC(C)CN(C)C(=O)c1cnc(-c2noc3cc(-c4ccncc4)ccc23)s1. The van der Waals surface area contributed by atoms with Crippen LogP contribution < -0.4 is 0 Å². The largest absolute Gasteiger partial charge is 0.356 e. The molecule has 0 spiro atoms. The van der Waals surface area contributed by atoms with Crippen LogP contribution in [0, 0.1) is 5.92 Å². The van der Waals surface area contributed by atoms with Gasteiger partial charge in [-0.2, -0.15) is 0 Å². The quantitative estimate of drug-likeness (QED) is 0.490. The molecule has 0 aliphatic rings. The molecule has 7 heteroatoms. The van der Waals surface area contributed by atoms with E-state index in [1.807, 2.05) is 37.4 Å². The van der Waals surface area contributed by atoms with Crippen LogP contribution in [0.2, 0.25) is 0 Å². The number of amides is 1. The van der Waals surface area contributed by atoms with E-state index in [1.165, 1.54) is 11.3 Å². The van der Waals surface area contributed by atoms with E-state index < -0.39 is 0 Å². The molecule has 1 amide bonds. The maximum Gasteiger partial charge on any atom is 0.265 e. The molecule has 0 atom stereocenters. The Hall–Kier alpha value is -3.06. The first-order valence-electron chi connectivity index (χ1n) is 9.04. The van der Waals surface area contributed by atoms with Crippen LogP contribution in [-0.2, 0) is 0 Å². The van der Waals surface area contributed by atoms with E-state index >= 15 is 0 Å². The third-order valence-electron chi connectivity index (χ3n) is 4.39. The molecule has 0 aliphatic heterocycles. The molecule has 0 saturated carbocycles. The molecular formula is C21H20N4O2S. The van der Waals surface area contributed by atoms with Crippen molar-refractivity contribution in [1.29, 1.82) is 0 Å². The van der Waals surface area contributed by atoms with Crippen LogP contribution in [0.3, 0.4) is 0 Å². The fraction of sp³-hybridized carbons (Fsp3) is 0.238. The number of rotatable bonds is 5. The topological polar surface area (TPSA) is 72.1 Å². The number of nitrogens with zero attached hydrogens (tertiary/aromatic N) is 4. The average Bonchev–Trinajstić information content (AvgIpc) is 3.34. The number of thiazole rings is 1. The Bertz CT molecular complexity index is 1120. The lowest BCUT2D eigenvalue weighted by Crippen LogP contribution is -2.29. The van der Waals surface area contributed by atoms with Gasteiger partial charge in [-0.25, -0.2) is 4.98 Å². The van der Waals surface area contributed by atoms with E-state index in [2.05, 4.69) is 29.0 Å². The van der Waals surface area contributed by atoms with Crippen molar-refractivity contribution >= 4 is 28.2 Å². The van der Waals surface area contributed by atoms with Crippen LogP contribution in [0.4, 0.5) is 0 Å². The zero-order valence-electron chi connectivity index (χ0n) is 15.9.